The van der Waals surface area contributed by atoms with Gasteiger partial charge in [-0.1, -0.05) is 30.3 Å². The van der Waals surface area contributed by atoms with Crippen molar-refractivity contribution in [2.75, 3.05) is 26.2 Å². The van der Waals surface area contributed by atoms with Gasteiger partial charge in [-0.15, -0.1) is 0 Å². The minimum atomic E-state index is -0.420. The SMILES string of the molecule is NC(C=O)N1CCC(N2CCC(c3ccccc3)CC2)C1. The largest absolute Gasteiger partial charge is 0.310 e. The lowest BCUT2D eigenvalue weighted by Crippen LogP contribution is -2.46. The zero-order valence-electron chi connectivity index (χ0n) is 12.5. The first-order chi connectivity index (χ1) is 10.3. The van der Waals surface area contributed by atoms with Crippen LogP contribution in [0.1, 0.15) is 30.7 Å². The molecule has 2 fully saturated rings. The number of nitrogens with zero attached hydrogens (tertiary/aromatic N) is 2. The van der Waals surface area contributed by atoms with Gasteiger partial charge < -0.3 is 10.5 Å². The number of aldehydes is 1. The zero-order chi connectivity index (χ0) is 14.7. The highest BCUT2D eigenvalue weighted by Crippen LogP contribution is 2.30. The normalized spacial score (nSPS) is 26.8. The molecule has 2 atom stereocenters. The molecule has 114 valence electrons. The number of hydrogen-bond acceptors (Lipinski definition) is 4. The fourth-order valence-electron chi connectivity index (χ4n) is 3.75. The number of rotatable bonds is 4. The molecule has 0 spiro atoms. The number of carbonyl (C=O) groups excluding carboxylic acids is 1. The van der Waals surface area contributed by atoms with Crippen molar-refractivity contribution in [1.29, 1.82) is 0 Å². The van der Waals surface area contributed by atoms with E-state index in [0.29, 0.717) is 12.0 Å². The van der Waals surface area contributed by atoms with Crippen LogP contribution in [0.3, 0.4) is 0 Å². The minimum Gasteiger partial charge on any atom is -0.310 e. The first kappa shape index (κ1) is 14.7. The standard InChI is InChI=1S/C17H25N3O/c18-17(13-21)20-11-8-16(12-20)19-9-6-15(7-10-19)14-4-2-1-3-5-14/h1-5,13,15-17H,6-12,18H2. The summed E-state index contributed by atoms with van der Waals surface area (Å²) < 4.78 is 0. The minimum absolute atomic E-state index is 0.420. The Kier molecular flexibility index (Phi) is 4.68. The van der Waals surface area contributed by atoms with Crippen LogP contribution in [0.4, 0.5) is 0 Å². The Morgan fingerprint density at radius 3 is 2.48 bits per heavy atom. The number of likely N-dealkylation sites (tertiary alicyclic amines) is 2. The van der Waals surface area contributed by atoms with E-state index in [1.165, 1.54) is 18.4 Å². The van der Waals surface area contributed by atoms with E-state index >= 15 is 0 Å². The predicted octanol–water partition coefficient (Wildman–Crippen LogP) is 1.42. The maximum Gasteiger partial charge on any atom is 0.151 e. The highest BCUT2D eigenvalue weighted by Gasteiger charge is 2.32. The van der Waals surface area contributed by atoms with Crippen molar-refractivity contribution in [3.8, 4) is 0 Å². The van der Waals surface area contributed by atoms with Crippen molar-refractivity contribution in [2.24, 2.45) is 5.73 Å². The van der Waals surface area contributed by atoms with Crippen LogP contribution < -0.4 is 5.73 Å². The van der Waals surface area contributed by atoms with E-state index in [9.17, 15) is 4.79 Å². The summed E-state index contributed by atoms with van der Waals surface area (Å²) in [6.07, 6.45) is 4.04. The van der Waals surface area contributed by atoms with E-state index in [4.69, 9.17) is 5.73 Å². The second-order valence-electron chi connectivity index (χ2n) is 6.29. The Balaban J connectivity index is 1.51. The molecule has 4 heteroatoms. The van der Waals surface area contributed by atoms with Gasteiger partial charge >= 0.3 is 0 Å². The zero-order valence-corrected chi connectivity index (χ0v) is 12.5. The van der Waals surface area contributed by atoms with E-state index in [-0.39, 0.29) is 0 Å². The maximum absolute atomic E-state index is 10.8. The van der Waals surface area contributed by atoms with Crippen LogP contribution in [0.2, 0.25) is 0 Å². The molecule has 0 radical (unpaired) electrons. The lowest BCUT2D eigenvalue weighted by atomic mass is 9.89. The summed E-state index contributed by atoms with van der Waals surface area (Å²) in [5.41, 5.74) is 7.29. The summed E-state index contributed by atoms with van der Waals surface area (Å²) in [7, 11) is 0. The van der Waals surface area contributed by atoms with E-state index in [1.54, 1.807) is 0 Å². The van der Waals surface area contributed by atoms with Gasteiger partial charge in [-0.05, 0) is 43.8 Å². The lowest BCUT2D eigenvalue weighted by Gasteiger charge is -2.36. The Morgan fingerprint density at radius 2 is 1.81 bits per heavy atom. The molecule has 1 aromatic rings. The highest BCUT2D eigenvalue weighted by atomic mass is 16.1. The quantitative estimate of drug-likeness (QED) is 0.851. The molecule has 2 N–H and O–H groups in total. The Labute approximate surface area is 126 Å². The summed E-state index contributed by atoms with van der Waals surface area (Å²) in [4.78, 5) is 15.5. The van der Waals surface area contributed by atoms with Crippen molar-refractivity contribution >= 4 is 6.29 Å². The Hall–Kier alpha value is -1.23. The van der Waals surface area contributed by atoms with Crippen LogP contribution in [0.15, 0.2) is 30.3 Å². The van der Waals surface area contributed by atoms with Crippen LogP contribution in [-0.2, 0) is 4.79 Å². The number of nitrogens with two attached hydrogens (primary N) is 1. The van der Waals surface area contributed by atoms with Gasteiger partial charge in [-0.25, -0.2) is 0 Å². The van der Waals surface area contributed by atoms with Crippen LogP contribution >= 0.6 is 0 Å². The number of benzene rings is 1. The molecule has 0 aromatic heterocycles. The molecule has 0 saturated carbocycles. The first-order valence-electron chi connectivity index (χ1n) is 8.02. The van der Waals surface area contributed by atoms with Crippen LogP contribution in [0, 0.1) is 0 Å². The molecule has 0 bridgehead atoms. The van der Waals surface area contributed by atoms with Crippen molar-refractivity contribution in [2.45, 2.75) is 37.4 Å². The second-order valence-corrected chi connectivity index (χ2v) is 6.29. The second kappa shape index (κ2) is 6.69. The van der Waals surface area contributed by atoms with Gasteiger partial charge in [-0.3, -0.25) is 9.80 Å². The number of piperidine rings is 1. The lowest BCUT2D eigenvalue weighted by molar-refractivity contribution is -0.112. The third kappa shape index (κ3) is 3.34. The van der Waals surface area contributed by atoms with Crippen LogP contribution in [0.25, 0.3) is 0 Å². The molecule has 2 aliphatic heterocycles. The molecule has 0 amide bonds. The molecular formula is C17H25N3O. The van der Waals surface area contributed by atoms with Gasteiger partial charge in [0.05, 0.1) is 0 Å². The summed E-state index contributed by atoms with van der Waals surface area (Å²) in [6.45, 7) is 4.21. The van der Waals surface area contributed by atoms with Gasteiger partial charge in [0.2, 0.25) is 0 Å². The third-order valence-electron chi connectivity index (χ3n) is 5.07. The topological polar surface area (TPSA) is 49.6 Å². The van der Waals surface area contributed by atoms with E-state index in [2.05, 4.69) is 40.1 Å². The molecule has 21 heavy (non-hydrogen) atoms. The van der Waals surface area contributed by atoms with Gasteiger partial charge in [0.25, 0.3) is 0 Å². The van der Waals surface area contributed by atoms with Crippen molar-refractivity contribution < 1.29 is 4.79 Å². The van der Waals surface area contributed by atoms with Gasteiger partial charge in [0.1, 0.15) is 6.17 Å². The molecule has 2 aliphatic rings. The molecule has 3 rings (SSSR count). The van der Waals surface area contributed by atoms with Crippen molar-refractivity contribution in [1.82, 2.24) is 9.80 Å². The fraction of sp³-hybridized carbons (Fsp3) is 0.588. The summed E-state index contributed by atoms with van der Waals surface area (Å²) in [6, 6.07) is 11.4. The summed E-state index contributed by atoms with van der Waals surface area (Å²) in [5, 5.41) is 0. The molecule has 2 unspecified atom stereocenters. The van der Waals surface area contributed by atoms with Crippen LogP contribution in [0.5, 0.6) is 0 Å². The Bertz CT molecular complexity index is 456. The van der Waals surface area contributed by atoms with Gasteiger partial charge in [0.15, 0.2) is 6.29 Å². The maximum atomic E-state index is 10.8. The molecule has 2 saturated heterocycles. The molecule has 2 heterocycles. The third-order valence-corrected chi connectivity index (χ3v) is 5.07. The average molecular weight is 287 g/mol. The van der Waals surface area contributed by atoms with Crippen molar-refractivity contribution in [3.63, 3.8) is 0 Å². The van der Waals surface area contributed by atoms with E-state index in [0.717, 1.165) is 38.9 Å². The van der Waals surface area contributed by atoms with Crippen molar-refractivity contribution in [3.05, 3.63) is 35.9 Å². The molecule has 0 aliphatic carbocycles. The molecule has 4 nitrogen and oxygen atoms in total. The Morgan fingerprint density at radius 1 is 1.10 bits per heavy atom. The number of hydrogen-bond donors (Lipinski definition) is 1. The fourth-order valence-corrected chi connectivity index (χ4v) is 3.75. The predicted molar refractivity (Wildman–Crippen MR) is 84.0 cm³/mol. The molecule has 1 aromatic carbocycles. The highest BCUT2D eigenvalue weighted by molar-refractivity contribution is 5.56. The molecular weight excluding hydrogens is 262 g/mol. The van der Waals surface area contributed by atoms with Crippen LogP contribution in [-0.4, -0.2) is 54.5 Å². The van der Waals surface area contributed by atoms with E-state index < -0.39 is 6.17 Å². The average Bonchev–Trinajstić information content (AvgIpc) is 3.05. The van der Waals surface area contributed by atoms with E-state index in [1.807, 2.05) is 0 Å². The number of carbonyl (C=O) groups is 1. The van der Waals surface area contributed by atoms with Gasteiger partial charge in [-0.2, -0.15) is 0 Å². The summed E-state index contributed by atoms with van der Waals surface area (Å²) >= 11 is 0. The monoisotopic (exact) mass is 287 g/mol. The van der Waals surface area contributed by atoms with Gasteiger partial charge in [0, 0.05) is 19.1 Å². The smallest absolute Gasteiger partial charge is 0.151 e. The summed E-state index contributed by atoms with van der Waals surface area (Å²) in [5.74, 6) is 0.706. The first-order valence-corrected chi connectivity index (χ1v) is 8.02.